The van der Waals surface area contributed by atoms with Crippen LogP contribution in [0.5, 0.6) is 0 Å². The monoisotopic (exact) mass is 354 g/mol. The van der Waals surface area contributed by atoms with Gasteiger partial charge in [-0.05, 0) is 24.3 Å². The lowest BCUT2D eigenvalue weighted by molar-refractivity contribution is 0.0958. The number of amides is 3. The van der Waals surface area contributed by atoms with E-state index in [4.69, 9.17) is 0 Å². The molecule has 0 aromatic carbocycles. The predicted molar refractivity (Wildman–Crippen MR) is 95.6 cm³/mol. The van der Waals surface area contributed by atoms with E-state index < -0.39 is 6.03 Å². The van der Waals surface area contributed by atoms with Crippen LogP contribution in [0.4, 0.5) is 16.4 Å². The van der Waals surface area contributed by atoms with Crippen molar-refractivity contribution in [2.75, 3.05) is 17.7 Å². The highest BCUT2D eigenvalue weighted by atomic mass is 32.1. The van der Waals surface area contributed by atoms with Gasteiger partial charge in [0.15, 0.2) is 0 Å². The fraction of sp³-hybridized carbons (Fsp3) is 0.0625. The lowest BCUT2D eigenvalue weighted by atomic mass is 10.3. The molecule has 0 saturated carbocycles. The molecule has 0 atom stereocenters. The van der Waals surface area contributed by atoms with Crippen LogP contribution in [0.3, 0.4) is 0 Å². The van der Waals surface area contributed by atoms with Crippen molar-refractivity contribution in [2.24, 2.45) is 0 Å². The van der Waals surface area contributed by atoms with Gasteiger partial charge in [-0.15, -0.1) is 11.3 Å². The van der Waals surface area contributed by atoms with E-state index in [1.165, 1.54) is 18.4 Å². The van der Waals surface area contributed by atoms with E-state index >= 15 is 0 Å². The molecule has 0 aliphatic rings. The van der Waals surface area contributed by atoms with Crippen molar-refractivity contribution in [2.45, 2.75) is 0 Å². The quantitative estimate of drug-likeness (QED) is 0.667. The standard InChI is InChI=1S/C16H14N6O2S/c1-17-14(23)11-3-2-4-12(19-11)21-16(24)22-13-9-25-15(20-13)10-5-7-18-8-6-10/h2-9H,1H3,(H,17,23)(H2,19,21,22,24). The average Bonchev–Trinajstić information content (AvgIpc) is 3.10. The maximum Gasteiger partial charge on any atom is 0.326 e. The fourth-order valence-electron chi connectivity index (χ4n) is 1.98. The molecule has 0 bridgehead atoms. The van der Waals surface area contributed by atoms with Crippen molar-refractivity contribution in [1.82, 2.24) is 20.3 Å². The molecule has 9 heteroatoms. The summed E-state index contributed by atoms with van der Waals surface area (Å²) < 4.78 is 0. The van der Waals surface area contributed by atoms with Crippen molar-refractivity contribution in [1.29, 1.82) is 0 Å². The molecule has 25 heavy (non-hydrogen) atoms. The van der Waals surface area contributed by atoms with E-state index in [1.807, 2.05) is 12.1 Å². The van der Waals surface area contributed by atoms with Crippen LogP contribution in [-0.2, 0) is 0 Å². The van der Waals surface area contributed by atoms with Crippen LogP contribution < -0.4 is 16.0 Å². The number of urea groups is 1. The average molecular weight is 354 g/mol. The number of anilines is 2. The fourth-order valence-corrected chi connectivity index (χ4v) is 2.74. The van der Waals surface area contributed by atoms with E-state index in [0.29, 0.717) is 5.82 Å². The van der Waals surface area contributed by atoms with Crippen LogP contribution in [0, 0.1) is 0 Å². The third-order valence-electron chi connectivity index (χ3n) is 3.12. The highest BCUT2D eigenvalue weighted by molar-refractivity contribution is 7.13. The highest BCUT2D eigenvalue weighted by Crippen LogP contribution is 2.25. The van der Waals surface area contributed by atoms with E-state index in [1.54, 1.807) is 36.0 Å². The van der Waals surface area contributed by atoms with Crippen LogP contribution >= 0.6 is 11.3 Å². The lowest BCUT2D eigenvalue weighted by Gasteiger charge is -2.06. The number of nitrogens with zero attached hydrogens (tertiary/aromatic N) is 3. The molecule has 8 nitrogen and oxygen atoms in total. The summed E-state index contributed by atoms with van der Waals surface area (Å²) in [5, 5.41) is 10.2. The van der Waals surface area contributed by atoms with Gasteiger partial charge in [0.1, 0.15) is 22.3 Å². The molecule has 0 aliphatic carbocycles. The molecular formula is C16H14N6O2S. The van der Waals surface area contributed by atoms with Gasteiger partial charge in [0.2, 0.25) is 0 Å². The van der Waals surface area contributed by atoms with Gasteiger partial charge in [-0.25, -0.2) is 14.8 Å². The van der Waals surface area contributed by atoms with Crippen LogP contribution in [0.15, 0.2) is 48.1 Å². The Labute approximate surface area is 147 Å². The van der Waals surface area contributed by atoms with Gasteiger partial charge in [0.05, 0.1) is 0 Å². The second-order valence-corrected chi connectivity index (χ2v) is 5.70. The van der Waals surface area contributed by atoms with Gasteiger partial charge in [-0.1, -0.05) is 6.07 Å². The van der Waals surface area contributed by atoms with Crippen molar-refractivity contribution in [3.8, 4) is 10.6 Å². The number of rotatable bonds is 4. The Morgan fingerprint density at radius 2 is 1.76 bits per heavy atom. The summed E-state index contributed by atoms with van der Waals surface area (Å²) in [6, 6.07) is 7.98. The SMILES string of the molecule is CNC(=O)c1cccc(NC(=O)Nc2csc(-c3ccncc3)n2)n1. The predicted octanol–water partition coefficient (Wildman–Crippen LogP) is 2.60. The van der Waals surface area contributed by atoms with E-state index in [9.17, 15) is 9.59 Å². The molecule has 3 N–H and O–H groups in total. The summed E-state index contributed by atoms with van der Waals surface area (Å²) in [5.41, 5.74) is 1.14. The third-order valence-corrected chi connectivity index (χ3v) is 4.01. The minimum Gasteiger partial charge on any atom is -0.354 e. The molecule has 0 aliphatic heterocycles. The first kappa shape index (κ1) is 16.5. The van der Waals surface area contributed by atoms with Crippen molar-refractivity contribution in [3.05, 3.63) is 53.8 Å². The number of hydrogen-bond donors (Lipinski definition) is 3. The molecule has 126 valence electrons. The summed E-state index contributed by atoms with van der Waals surface area (Å²) in [7, 11) is 1.51. The van der Waals surface area contributed by atoms with Crippen LogP contribution in [0.1, 0.15) is 10.5 Å². The van der Waals surface area contributed by atoms with Crippen LogP contribution in [0.2, 0.25) is 0 Å². The molecule has 0 spiro atoms. The van der Waals surface area contributed by atoms with E-state index in [2.05, 4.69) is 30.9 Å². The van der Waals surface area contributed by atoms with Gasteiger partial charge >= 0.3 is 6.03 Å². The third kappa shape index (κ3) is 4.15. The zero-order valence-electron chi connectivity index (χ0n) is 13.2. The molecule has 0 fully saturated rings. The molecule has 3 amide bonds. The molecular weight excluding hydrogens is 340 g/mol. The Morgan fingerprint density at radius 3 is 2.52 bits per heavy atom. The van der Waals surface area contributed by atoms with Gasteiger partial charge in [-0.2, -0.15) is 0 Å². The molecule has 3 rings (SSSR count). The first-order valence-electron chi connectivity index (χ1n) is 7.29. The topological polar surface area (TPSA) is 109 Å². The number of hydrogen-bond acceptors (Lipinski definition) is 6. The number of aromatic nitrogens is 3. The molecule has 3 aromatic heterocycles. The summed E-state index contributed by atoms with van der Waals surface area (Å²) in [6.07, 6.45) is 3.36. The van der Waals surface area contributed by atoms with Crippen molar-refractivity contribution in [3.63, 3.8) is 0 Å². The minimum absolute atomic E-state index is 0.217. The minimum atomic E-state index is -0.492. The van der Waals surface area contributed by atoms with Crippen molar-refractivity contribution < 1.29 is 9.59 Å². The Morgan fingerprint density at radius 1 is 1.00 bits per heavy atom. The summed E-state index contributed by atoms with van der Waals surface area (Å²) in [6.45, 7) is 0. The van der Waals surface area contributed by atoms with E-state index in [0.717, 1.165) is 10.6 Å². The normalized spacial score (nSPS) is 10.1. The van der Waals surface area contributed by atoms with Gasteiger partial charge < -0.3 is 5.32 Å². The Kier molecular flexibility index (Phi) is 4.95. The van der Waals surface area contributed by atoms with Gasteiger partial charge in [0, 0.05) is 30.4 Å². The first-order valence-corrected chi connectivity index (χ1v) is 8.17. The maximum absolute atomic E-state index is 12.1. The smallest absolute Gasteiger partial charge is 0.326 e. The maximum atomic E-state index is 12.1. The molecule has 0 radical (unpaired) electrons. The largest absolute Gasteiger partial charge is 0.354 e. The van der Waals surface area contributed by atoms with Crippen molar-refractivity contribution >= 4 is 34.9 Å². The Bertz CT molecular complexity index is 896. The summed E-state index contributed by atoms with van der Waals surface area (Å²) >= 11 is 1.41. The molecule has 3 aromatic rings. The van der Waals surface area contributed by atoms with Gasteiger partial charge in [0.25, 0.3) is 5.91 Å². The lowest BCUT2D eigenvalue weighted by Crippen LogP contribution is -2.22. The molecule has 3 heterocycles. The van der Waals surface area contributed by atoms with Crippen LogP contribution in [-0.4, -0.2) is 33.9 Å². The number of carbonyl (C=O) groups excluding carboxylic acids is 2. The zero-order chi connectivity index (χ0) is 17.6. The van der Waals surface area contributed by atoms with Crippen LogP contribution in [0.25, 0.3) is 10.6 Å². The molecule has 0 saturated heterocycles. The molecule has 0 unspecified atom stereocenters. The Hall–Kier alpha value is -3.33. The number of pyridine rings is 2. The Balaban J connectivity index is 1.65. The van der Waals surface area contributed by atoms with Gasteiger partial charge in [-0.3, -0.25) is 20.4 Å². The second-order valence-electron chi connectivity index (χ2n) is 4.84. The zero-order valence-corrected chi connectivity index (χ0v) is 14.0. The van der Waals surface area contributed by atoms with E-state index in [-0.39, 0.29) is 17.4 Å². The highest BCUT2D eigenvalue weighted by Gasteiger charge is 2.10. The first-order chi connectivity index (χ1) is 12.2. The number of thiazole rings is 1. The summed E-state index contributed by atoms with van der Waals surface area (Å²) in [4.78, 5) is 36.0. The second kappa shape index (κ2) is 7.49. The number of nitrogens with one attached hydrogen (secondary N) is 3. The number of carbonyl (C=O) groups is 2. The summed E-state index contributed by atoms with van der Waals surface area (Å²) in [5.74, 6) is 0.366.